The second kappa shape index (κ2) is 51.2. The minimum absolute atomic E-state index is 0.0774. The van der Waals surface area contributed by atoms with Gasteiger partial charge in [0.1, 0.15) is 13.2 Å². The highest BCUT2D eigenvalue weighted by Gasteiger charge is 2.28. The molecule has 0 fully saturated rings. The molecule has 406 valence electrons. The summed E-state index contributed by atoms with van der Waals surface area (Å²) in [4.78, 5) is 23.3. The van der Waals surface area contributed by atoms with Crippen LogP contribution in [0.2, 0.25) is 0 Å². The number of quaternary nitrogens is 1. The quantitative estimate of drug-likeness (QED) is 0.0243. The molecule has 0 bridgehead atoms. The molecule has 3 unspecified atom stereocenters. The number of likely N-dealkylation sites (N-methyl/N-ethyl adjacent to an activating group) is 1. The number of carbonyl (C=O) groups is 1. The average Bonchev–Trinajstić information content (AvgIpc) is 3.30. The van der Waals surface area contributed by atoms with Crippen molar-refractivity contribution in [3.8, 4) is 0 Å². The smallest absolute Gasteiger partial charge is 0.391 e. The van der Waals surface area contributed by atoms with Crippen LogP contribution in [0.4, 0.5) is 0 Å². The van der Waals surface area contributed by atoms with Crippen LogP contribution in [0.5, 0.6) is 0 Å². The fourth-order valence-electron chi connectivity index (χ4n) is 9.28. The van der Waals surface area contributed by atoms with Crippen LogP contribution < -0.4 is 5.32 Å². The maximum Gasteiger partial charge on any atom is 0.472 e. The monoisotopic (exact) mass is 984 g/mol. The molecular weight excluding hydrogens is 864 g/mol. The summed E-state index contributed by atoms with van der Waals surface area (Å²) in [6, 6.07) is -0.758. The van der Waals surface area contributed by atoms with E-state index < -0.39 is 20.0 Å². The number of hydrogen-bond acceptors (Lipinski definition) is 5. The molecule has 0 saturated carbocycles. The van der Waals surface area contributed by atoms with Crippen molar-refractivity contribution in [3.63, 3.8) is 0 Å². The number of unbranched alkanes of at least 4 members (excludes halogenated alkanes) is 41. The Labute approximate surface area is 424 Å². The Balaban J connectivity index is 4.08. The molecule has 3 N–H and O–H groups in total. The Kier molecular flexibility index (Phi) is 50.6. The van der Waals surface area contributed by atoms with E-state index in [1.165, 1.54) is 244 Å². The molecule has 0 heterocycles. The topological polar surface area (TPSA) is 105 Å². The number of allylic oxidation sites excluding steroid dienone is 2. The van der Waals surface area contributed by atoms with Gasteiger partial charge in [-0.05, 0) is 38.5 Å². The lowest BCUT2D eigenvalue weighted by Crippen LogP contribution is -2.46. The second-order valence-corrected chi connectivity index (χ2v) is 23.5. The highest BCUT2D eigenvalue weighted by Crippen LogP contribution is 2.43. The summed E-state index contributed by atoms with van der Waals surface area (Å²) in [6.45, 7) is 4.94. The first-order valence-electron chi connectivity index (χ1n) is 30.1. The summed E-state index contributed by atoms with van der Waals surface area (Å²) in [6.07, 6.45) is 62.7. The predicted molar refractivity (Wildman–Crippen MR) is 295 cm³/mol. The van der Waals surface area contributed by atoms with Gasteiger partial charge in [-0.1, -0.05) is 276 Å². The van der Waals surface area contributed by atoms with Crippen molar-refractivity contribution in [1.82, 2.24) is 5.32 Å². The highest BCUT2D eigenvalue weighted by atomic mass is 31.2. The molecule has 0 radical (unpaired) electrons. The van der Waals surface area contributed by atoms with Crippen molar-refractivity contribution >= 4 is 13.7 Å². The van der Waals surface area contributed by atoms with Gasteiger partial charge in [0.25, 0.3) is 0 Å². The first-order chi connectivity index (χ1) is 33.0. The van der Waals surface area contributed by atoms with Gasteiger partial charge in [-0.25, -0.2) is 4.57 Å². The number of nitrogens with zero attached hydrogens (tertiary/aromatic N) is 1. The van der Waals surface area contributed by atoms with E-state index in [1.807, 2.05) is 21.1 Å². The van der Waals surface area contributed by atoms with Gasteiger partial charge in [0.15, 0.2) is 0 Å². The summed E-state index contributed by atoms with van der Waals surface area (Å²) in [5.74, 6) is -0.139. The number of phosphoric ester groups is 1. The Morgan fingerprint density at radius 1 is 0.485 bits per heavy atom. The third-order valence-corrected chi connectivity index (χ3v) is 15.0. The van der Waals surface area contributed by atoms with Crippen LogP contribution in [0, 0.1) is 0 Å². The molecule has 0 aromatic rings. The van der Waals surface area contributed by atoms with Crippen molar-refractivity contribution in [1.29, 1.82) is 0 Å². The summed E-state index contributed by atoms with van der Waals surface area (Å²) in [5, 5.41) is 14.1. The third-order valence-electron chi connectivity index (χ3n) is 14.0. The van der Waals surface area contributed by atoms with E-state index in [-0.39, 0.29) is 19.1 Å². The minimum atomic E-state index is -4.32. The van der Waals surface area contributed by atoms with Gasteiger partial charge < -0.3 is 19.8 Å². The van der Waals surface area contributed by atoms with Gasteiger partial charge in [-0.15, -0.1) is 0 Å². The van der Waals surface area contributed by atoms with E-state index in [0.717, 1.165) is 38.5 Å². The summed E-state index contributed by atoms with van der Waals surface area (Å²) in [5.41, 5.74) is 0. The van der Waals surface area contributed by atoms with Gasteiger partial charge in [-0.2, -0.15) is 0 Å². The lowest BCUT2D eigenvalue weighted by molar-refractivity contribution is -0.870. The molecule has 0 aliphatic carbocycles. The molecule has 0 aromatic carbocycles. The molecule has 0 spiro atoms. The number of rotatable bonds is 56. The summed E-state index contributed by atoms with van der Waals surface area (Å²) in [7, 11) is 1.63. The van der Waals surface area contributed by atoms with Crippen LogP contribution >= 0.6 is 7.82 Å². The van der Waals surface area contributed by atoms with Crippen LogP contribution in [-0.2, 0) is 18.4 Å². The Bertz CT molecular complexity index is 1120. The fraction of sp³-hybridized carbons (Fsp3) is 0.949. The van der Waals surface area contributed by atoms with Crippen molar-refractivity contribution in [2.24, 2.45) is 0 Å². The fourth-order valence-corrected chi connectivity index (χ4v) is 10.0. The molecule has 0 saturated heterocycles. The Morgan fingerprint density at radius 3 is 1.13 bits per heavy atom. The van der Waals surface area contributed by atoms with Crippen molar-refractivity contribution in [3.05, 3.63) is 12.2 Å². The third kappa shape index (κ3) is 53.0. The summed E-state index contributed by atoms with van der Waals surface area (Å²) >= 11 is 0. The number of carbonyl (C=O) groups excluding carboxylic acids is 1. The zero-order chi connectivity index (χ0) is 49.9. The maximum absolute atomic E-state index is 13.0. The molecule has 8 nitrogen and oxygen atoms in total. The average molecular weight is 985 g/mol. The number of phosphoric acid groups is 1. The van der Waals surface area contributed by atoms with Crippen LogP contribution in [0.1, 0.15) is 309 Å². The first-order valence-corrected chi connectivity index (χ1v) is 31.5. The van der Waals surface area contributed by atoms with Gasteiger partial charge in [-0.3, -0.25) is 13.8 Å². The van der Waals surface area contributed by atoms with E-state index in [2.05, 4.69) is 31.3 Å². The van der Waals surface area contributed by atoms with Crippen molar-refractivity contribution in [2.75, 3.05) is 40.9 Å². The van der Waals surface area contributed by atoms with E-state index in [9.17, 15) is 19.4 Å². The second-order valence-electron chi connectivity index (χ2n) is 22.1. The molecule has 0 rings (SSSR count). The number of aliphatic hydroxyl groups is 1. The predicted octanol–water partition coefficient (Wildman–Crippen LogP) is 18.2. The Hall–Kier alpha value is -0.760. The maximum atomic E-state index is 13.0. The van der Waals surface area contributed by atoms with Crippen LogP contribution in [-0.4, -0.2) is 73.4 Å². The van der Waals surface area contributed by atoms with Gasteiger partial charge >= 0.3 is 7.82 Å². The van der Waals surface area contributed by atoms with Crippen molar-refractivity contribution in [2.45, 2.75) is 321 Å². The van der Waals surface area contributed by atoms with E-state index in [0.29, 0.717) is 23.9 Å². The van der Waals surface area contributed by atoms with E-state index in [4.69, 9.17) is 9.05 Å². The largest absolute Gasteiger partial charge is 0.472 e. The number of hydrogen-bond donors (Lipinski definition) is 3. The molecule has 0 aliphatic rings. The SMILES string of the molecule is CCCCCCCCCCCCCC/C=C\CCCCCCCCCCCCCCC(=O)NC(COP(=O)(O)OCC[N+](C)(C)C)C(O)CCCCCCCCCCCCCCCCCCCC. The standard InChI is InChI=1S/C59H119N2O6P/c1-6-8-10-12-14-16-18-20-22-24-26-27-28-29-30-31-32-33-34-35-37-39-41-43-45-47-49-51-53-59(63)60-57(56-67-68(64,65)66-55-54-61(3,4)5)58(62)52-50-48-46-44-42-40-38-36-25-23-21-19-17-15-13-11-9-7-2/h29-30,57-58,62H,6-28,31-56H2,1-5H3,(H-,60,63,64,65)/p+1/b30-29-. The molecule has 0 aromatic heterocycles. The van der Waals surface area contributed by atoms with Crippen LogP contribution in [0.25, 0.3) is 0 Å². The first kappa shape index (κ1) is 67.2. The number of amides is 1. The summed E-state index contributed by atoms with van der Waals surface area (Å²) < 4.78 is 23.8. The van der Waals surface area contributed by atoms with Gasteiger partial charge in [0, 0.05) is 6.42 Å². The van der Waals surface area contributed by atoms with Gasteiger partial charge in [0.2, 0.25) is 5.91 Å². The number of aliphatic hydroxyl groups excluding tert-OH is 1. The Morgan fingerprint density at radius 2 is 0.794 bits per heavy atom. The van der Waals surface area contributed by atoms with E-state index in [1.54, 1.807) is 0 Å². The minimum Gasteiger partial charge on any atom is -0.391 e. The molecule has 3 atom stereocenters. The lowest BCUT2D eigenvalue weighted by atomic mass is 10.0. The molecule has 1 amide bonds. The zero-order valence-corrected chi connectivity index (χ0v) is 47.3. The highest BCUT2D eigenvalue weighted by molar-refractivity contribution is 7.47. The normalized spacial score (nSPS) is 13.9. The molecule has 9 heteroatoms. The van der Waals surface area contributed by atoms with Gasteiger partial charge in [0.05, 0.1) is 39.9 Å². The van der Waals surface area contributed by atoms with E-state index >= 15 is 0 Å². The molecule has 68 heavy (non-hydrogen) atoms. The lowest BCUT2D eigenvalue weighted by Gasteiger charge is -2.26. The molecular formula is C59H120N2O6P+. The molecule has 0 aliphatic heterocycles. The van der Waals surface area contributed by atoms with Crippen LogP contribution in [0.15, 0.2) is 12.2 Å². The number of nitrogens with one attached hydrogen (secondary N) is 1. The zero-order valence-electron chi connectivity index (χ0n) is 46.4. The van der Waals surface area contributed by atoms with Crippen molar-refractivity contribution < 1.29 is 32.9 Å². The van der Waals surface area contributed by atoms with Crippen LogP contribution in [0.3, 0.4) is 0 Å².